The van der Waals surface area contributed by atoms with Gasteiger partial charge in [-0.3, -0.25) is 0 Å². The monoisotopic (exact) mass is 419 g/mol. The lowest BCUT2D eigenvalue weighted by atomic mass is 10.1. The molecule has 1 aromatic heterocycles. The Hall–Kier alpha value is -2.05. The van der Waals surface area contributed by atoms with E-state index in [9.17, 15) is 4.39 Å². The van der Waals surface area contributed by atoms with E-state index in [-0.39, 0.29) is 11.9 Å². The van der Waals surface area contributed by atoms with E-state index in [1.807, 2.05) is 30.5 Å². The summed E-state index contributed by atoms with van der Waals surface area (Å²) < 4.78 is 21.3. The highest BCUT2D eigenvalue weighted by molar-refractivity contribution is 7.98. The maximum atomic E-state index is 13.2. The van der Waals surface area contributed by atoms with Crippen molar-refractivity contribution in [3.63, 3.8) is 0 Å². The fourth-order valence-electron chi connectivity index (χ4n) is 2.83. The molecule has 0 spiro atoms. The van der Waals surface area contributed by atoms with Gasteiger partial charge in [-0.15, -0.1) is 10.2 Å². The molecule has 0 radical (unpaired) electrons. The summed E-state index contributed by atoms with van der Waals surface area (Å²) in [5.41, 5.74) is 3.28. The Balaban J connectivity index is 1.74. The Kier molecular flexibility index (Phi) is 6.62. The molecule has 0 aliphatic carbocycles. The molecule has 0 bridgehead atoms. The van der Waals surface area contributed by atoms with Gasteiger partial charge in [-0.25, -0.2) is 4.39 Å². The molecule has 7 heteroatoms. The number of aromatic nitrogens is 3. The van der Waals surface area contributed by atoms with E-state index >= 15 is 0 Å². The van der Waals surface area contributed by atoms with Gasteiger partial charge >= 0.3 is 0 Å². The van der Waals surface area contributed by atoms with Crippen LogP contribution in [0.2, 0.25) is 5.02 Å². The number of ether oxygens (including phenoxy) is 1. The first-order chi connectivity index (χ1) is 13.4. The third-order valence-corrected chi connectivity index (χ3v) is 5.96. The zero-order chi connectivity index (χ0) is 20.3. The van der Waals surface area contributed by atoms with Crippen LogP contribution in [0.4, 0.5) is 4.39 Å². The summed E-state index contributed by atoms with van der Waals surface area (Å²) in [6, 6.07) is 10.5. The highest BCUT2D eigenvalue weighted by Crippen LogP contribution is 2.29. The maximum Gasteiger partial charge on any atom is 0.191 e. The zero-order valence-electron chi connectivity index (χ0n) is 16.4. The van der Waals surface area contributed by atoms with Crippen molar-refractivity contribution in [3.05, 3.63) is 69.8 Å². The lowest BCUT2D eigenvalue weighted by Gasteiger charge is -2.16. The Morgan fingerprint density at radius 2 is 1.93 bits per heavy atom. The quantitative estimate of drug-likeness (QED) is 0.431. The molecule has 0 fully saturated rings. The Labute approximate surface area is 174 Å². The molecule has 3 aromatic rings. The van der Waals surface area contributed by atoms with Crippen LogP contribution < -0.4 is 4.74 Å². The van der Waals surface area contributed by atoms with Gasteiger partial charge in [-0.2, -0.15) is 0 Å². The van der Waals surface area contributed by atoms with Gasteiger partial charge in [-0.1, -0.05) is 35.5 Å². The van der Waals surface area contributed by atoms with Crippen molar-refractivity contribution in [2.45, 2.75) is 51.3 Å². The molecular formula is C21H23ClFN3OS. The fourth-order valence-corrected chi connectivity index (χ4v) is 4.16. The number of nitrogens with zero attached hydrogens (tertiary/aromatic N) is 3. The van der Waals surface area contributed by atoms with Crippen molar-refractivity contribution in [3.8, 4) is 5.75 Å². The molecule has 28 heavy (non-hydrogen) atoms. The van der Waals surface area contributed by atoms with Gasteiger partial charge < -0.3 is 9.30 Å². The van der Waals surface area contributed by atoms with Crippen molar-refractivity contribution in [1.82, 2.24) is 14.8 Å². The van der Waals surface area contributed by atoms with Crippen LogP contribution in [0.3, 0.4) is 0 Å². The van der Waals surface area contributed by atoms with E-state index in [0.29, 0.717) is 10.8 Å². The maximum absolute atomic E-state index is 13.2. The van der Waals surface area contributed by atoms with Crippen LogP contribution in [0.5, 0.6) is 5.75 Å². The first-order valence-corrected chi connectivity index (χ1v) is 10.5. The second kappa shape index (κ2) is 8.97. The van der Waals surface area contributed by atoms with Crippen LogP contribution in [-0.4, -0.2) is 14.8 Å². The van der Waals surface area contributed by atoms with Crippen LogP contribution in [0.15, 0.2) is 41.6 Å². The van der Waals surface area contributed by atoms with Gasteiger partial charge in [0.05, 0.1) is 0 Å². The summed E-state index contributed by atoms with van der Waals surface area (Å²) in [4.78, 5) is 0. The number of hydrogen-bond donors (Lipinski definition) is 0. The number of benzene rings is 2. The molecule has 0 saturated heterocycles. The molecule has 4 nitrogen and oxygen atoms in total. The molecule has 3 rings (SSSR count). The Morgan fingerprint density at radius 3 is 2.61 bits per heavy atom. The van der Waals surface area contributed by atoms with Gasteiger partial charge in [0.15, 0.2) is 17.1 Å². The van der Waals surface area contributed by atoms with Gasteiger partial charge in [0.1, 0.15) is 11.6 Å². The molecule has 148 valence electrons. The average molecular weight is 420 g/mol. The van der Waals surface area contributed by atoms with Gasteiger partial charge in [0.25, 0.3) is 0 Å². The third kappa shape index (κ3) is 4.67. The van der Waals surface area contributed by atoms with Crippen LogP contribution in [0, 0.1) is 19.7 Å². The van der Waals surface area contributed by atoms with Crippen molar-refractivity contribution < 1.29 is 9.13 Å². The smallest absolute Gasteiger partial charge is 0.191 e. The summed E-state index contributed by atoms with van der Waals surface area (Å²) in [7, 11) is 0. The third-order valence-electron chi connectivity index (χ3n) is 4.59. The number of aryl methyl sites for hydroxylation is 2. The highest BCUT2D eigenvalue weighted by atomic mass is 35.5. The molecule has 0 amide bonds. The second-order valence-electron chi connectivity index (χ2n) is 6.62. The van der Waals surface area contributed by atoms with Crippen LogP contribution >= 0.6 is 23.4 Å². The molecule has 0 aliphatic rings. The average Bonchev–Trinajstić information content (AvgIpc) is 3.07. The van der Waals surface area contributed by atoms with Crippen LogP contribution in [-0.2, 0) is 12.3 Å². The highest BCUT2D eigenvalue weighted by Gasteiger charge is 2.19. The lowest BCUT2D eigenvalue weighted by molar-refractivity contribution is 0.209. The number of halogens is 2. The lowest BCUT2D eigenvalue weighted by Crippen LogP contribution is -2.12. The molecule has 1 heterocycles. The summed E-state index contributed by atoms with van der Waals surface area (Å²) in [6.45, 7) is 8.88. The van der Waals surface area contributed by atoms with Crippen molar-refractivity contribution in [1.29, 1.82) is 0 Å². The molecule has 0 saturated carbocycles. The first-order valence-electron chi connectivity index (χ1n) is 9.12. The van der Waals surface area contributed by atoms with E-state index in [2.05, 4.69) is 30.1 Å². The SMILES string of the molecule is CCn1c(SCc2ccc(F)cc2Cl)nnc1C(C)Oc1ccc(C)c(C)c1. The molecule has 1 atom stereocenters. The van der Waals surface area contributed by atoms with Crippen molar-refractivity contribution in [2.24, 2.45) is 0 Å². The van der Waals surface area contributed by atoms with E-state index < -0.39 is 0 Å². The van der Waals surface area contributed by atoms with E-state index in [4.69, 9.17) is 16.3 Å². The van der Waals surface area contributed by atoms with Gasteiger partial charge in [0, 0.05) is 17.3 Å². The van der Waals surface area contributed by atoms with Crippen molar-refractivity contribution in [2.75, 3.05) is 0 Å². The molecule has 1 unspecified atom stereocenters. The fraction of sp³-hybridized carbons (Fsp3) is 0.333. The first kappa shape index (κ1) is 20.7. The second-order valence-corrected chi connectivity index (χ2v) is 7.97. The number of thioether (sulfide) groups is 1. The minimum atomic E-state index is -0.338. The Morgan fingerprint density at radius 1 is 1.14 bits per heavy atom. The topological polar surface area (TPSA) is 39.9 Å². The number of hydrogen-bond acceptors (Lipinski definition) is 4. The molecule has 0 aliphatic heterocycles. The summed E-state index contributed by atoms with van der Waals surface area (Å²) in [5.74, 6) is 1.83. The minimum Gasteiger partial charge on any atom is -0.483 e. The van der Waals surface area contributed by atoms with E-state index in [1.165, 1.54) is 35.0 Å². The van der Waals surface area contributed by atoms with Crippen LogP contribution in [0.1, 0.15) is 42.5 Å². The zero-order valence-corrected chi connectivity index (χ0v) is 17.9. The normalized spacial score (nSPS) is 12.2. The molecular weight excluding hydrogens is 397 g/mol. The summed E-state index contributed by atoms with van der Waals surface area (Å²) in [6.07, 6.45) is -0.238. The van der Waals surface area contributed by atoms with Gasteiger partial charge in [0.2, 0.25) is 0 Å². The standard InChI is InChI=1S/C21H23ClFN3OS/c1-5-26-20(15(4)27-18-9-6-13(2)14(3)10-18)24-25-21(26)28-12-16-7-8-17(23)11-19(16)22/h6-11,15H,5,12H2,1-4H3. The molecule has 2 aromatic carbocycles. The minimum absolute atomic E-state index is 0.238. The van der Waals surface area contributed by atoms with Crippen LogP contribution in [0.25, 0.3) is 0 Å². The van der Waals surface area contributed by atoms with E-state index in [0.717, 1.165) is 28.8 Å². The van der Waals surface area contributed by atoms with Crippen molar-refractivity contribution >= 4 is 23.4 Å². The number of rotatable bonds is 7. The predicted octanol–water partition coefficient (Wildman–Crippen LogP) is 6.14. The van der Waals surface area contributed by atoms with Gasteiger partial charge in [-0.05, 0) is 68.7 Å². The molecule has 0 N–H and O–H groups in total. The Bertz CT molecular complexity index is 976. The predicted molar refractivity (Wildman–Crippen MR) is 112 cm³/mol. The van der Waals surface area contributed by atoms with E-state index in [1.54, 1.807) is 6.07 Å². The largest absolute Gasteiger partial charge is 0.483 e. The summed E-state index contributed by atoms with van der Waals surface area (Å²) >= 11 is 7.64. The summed E-state index contributed by atoms with van der Waals surface area (Å²) in [5, 5.41) is 9.87.